The molecule has 0 bridgehead atoms. The number of carbonyl (C=O) groups excluding carboxylic acids is 3. The second-order valence-electron chi connectivity index (χ2n) is 8.02. The first-order valence-electron chi connectivity index (χ1n) is 10.1. The van der Waals surface area contributed by atoms with E-state index in [0.717, 1.165) is 11.1 Å². The zero-order valence-electron chi connectivity index (χ0n) is 16.8. The van der Waals surface area contributed by atoms with Crippen LogP contribution in [0.4, 0.5) is 0 Å². The minimum absolute atomic E-state index is 0.104. The van der Waals surface area contributed by atoms with Gasteiger partial charge in [-0.3, -0.25) is 29.1 Å². The molecule has 0 spiro atoms. The van der Waals surface area contributed by atoms with Crippen molar-refractivity contribution < 1.29 is 19.5 Å². The number of piperidine rings is 1. The lowest BCUT2D eigenvalue weighted by atomic mass is 10.0. The summed E-state index contributed by atoms with van der Waals surface area (Å²) in [5, 5.41) is 14.5. The molecule has 32 heavy (non-hydrogen) atoms. The summed E-state index contributed by atoms with van der Waals surface area (Å²) in [7, 11) is 0. The van der Waals surface area contributed by atoms with Crippen molar-refractivity contribution in [3.05, 3.63) is 74.5 Å². The van der Waals surface area contributed by atoms with Crippen LogP contribution in [-0.2, 0) is 22.7 Å². The van der Waals surface area contributed by atoms with Crippen LogP contribution in [0.2, 0.25) is 5.02 Å². The maximum Gasteiger partial charge on any atom is 0.255 e. The van der Waals surface area contributed by atoms with Crippen LogP contribution < -0.4 is 10.9 Å². The zero-order chi connectivity index (χ0) is 22.6. The molecule has 1 fully saturated rings. The van der Waals surface area contributed by atoms with E-state index < -0.39 is 11.9 Å². The minimum atomic E-state index is -0.687. The van der Waals surface area contributed by atoms with Gasteiger partial charge in [-0.15, -0.1) is 0 Å². The Balaban J connectivity index is 1.45. The smallest absolute Gasteiger partial charge is 0.255 e. The summed E-state index contributed by atoms with van der Waals surface area (Å²) in [6.45, 7) is 0.343. The molecular formula is C23H18ClN3O5. The van der Waals surface area contributed by atoms with Gasteiger partial charge < -0.3 is 10.0 Å². The number of halogens is 1. The Kier molecular flexibility index (Phi) is 4.74. The van der Waals surface area contributed by atoms with E-state index in [1.54, 1.807) is 36.4 Å². The molecule has 0 saturated carbocycles. The molecule has 3 amide bonds. The van der Waals surface area contributed by atoms with Crippen LogP contribution in [0.5, 0.6) is 5.88 Å². The average molecular weight is 452 g/mol. The summed E-state index contributed by atoms with van der Waals surface area (Å²) in [5.74, 6) is -1.24. The van der Waals surface area contributed by atoms with Gasteiger partial charge in [0, 0.05) is 35.0 Å². The lowest BCUT2D eigenvalue weighted by molar-refractivity contribution is -0.136. The summed E-state index contributed by atoms with van der Waals surface area (Å²) in [5.41, 5.74) is 1.58. The van der Waals surface area contributed by atoms with Gasteiger partial charge in [0.2, 0.25) is 17.7 Å². The number of nitrogens with one attached hydrogen (secondary N) is 1. The van der Waals surface area contributed by atoms with Gasteiger partial charge in [-0.2, -0.15) is 0 Å². The first-order valence-corrected chi connectivity index (χ1v) is 10.5. The zero-order valence-corrected chi connectivity index (χ0v) is 17.6. The summed E-state index contributed by atoms with van der Waals surface area (Å²) < 4.78 is 1.25. The number of imide groups is 1. The van der Waals surface area contributed by atoms with Crippen LogP contribution in [-0.4, -0.2) is 38.3 Å². The molecule has 0 radical (unpaired) electrons. The number of rotatable bonds is 3. The van der Waals surface area contributed by atoms with Crippen LogP contribution in [0.15, 0.2) is 47.3 Å². The fourth-order valence-electron chi connectivity index (χ4n) is 4.37. The summed E-state index contributed by atoms with van der Waals surface area (Å²) in [4.78, 5) is 50.5. The fourth-order valence-corrected chi connectivity index (χ4v) is 4.54. The Morgan fingerprint density at radius 1 is 1.06 bits per heavy atom. The molecule has 2 aliphatic heterocycles. The van der Waals surface area contributed by atoms with Crippen molar-refractivity contribution in [1.29, 1.82) is 0 Å². The molecule has 1 aromatic heterocycles. The second kappa shape index (κ2) is 7.49. The molecule has 2 aromatic carbocycles. The van der Waals surface area contributed by atoms with Gasteiger partial charge in [-0.05, 0) is 41.1 Å². The van der Waals surface area contributed by atoms with Crippen molar-refractivity contribution >= 4 is 40.1 Å². The van der Waals surface area contributed by atoms with Crippen molar-refractivity contribution in [3.63, 3.8) is 0 Å². The molecule has 5 rings (SSSR count). The van der Waals surface area contributed by atoms with Crippen LogP contribution >= 0.6 is 11.6 Å². The summed E-state index contributed by atoms with van der Waals surface area (Å²) in [6, 6.07) is 10.9. The third-order valence-electron chi connectivity index (χ3n) is 5.99. The summed E-state index contributed by atoms with van der Waals surface area (Å²) >= 11 is 6.03. The molecule has 0 aliphatic carbocycles. The molecule has 3 heterocycles. The van der Waals surface area contributed by atoms with Crippen LogP contribution in [0.3, 0.4) is 0 Å². The third-order valence-corrected chi connectivity index (χ3v) is 6.22. The molecule has 162 valence electrons. The maximum atomic E-state index is 12.8. The molecular weight excluding hydrogens is 434 g/mol. The molecule has 3 aromatic rings. The molecule has 8 nitrogen and oxygen atoms in total. The Morgan fingerprint density at radius 2 is 1.88 bits per heavy atom. The van der Waals surface area contributed by atoms with E-state index in [1.165, 1.54) is 15.5 Å². The lowest BCUT2D eigenvalue weighted by Gasteiger charge is -2.29. The molecule has 9 heteroatoms. The Labute approximate surface area is 187 Å². The van der Waals surface area contributed by atoms with E-state index in [-0.39, 0.29) is 42.8 Å². The predicted octanol–water partition coefficient (Wildman–Crippen LogP) is 2.17. The molecule has 2 aliphatic rings. The van der Waals surface area contributed by atoms with Crippen LogP contribution in [0, 0.1) is 0 Å². The van der Waals surface area contributed by atoms with E-state index in [1.807, 2.05) is 0 Å². The topological polar surface area (TPSA) is 109 Å². The van der Waals surface area contributed by atoms with Gasteiger partial charge >= 0.3 is 0 Å². The fraction of sp³-hybridized carbons (Fsp3) is 0.217. The molecule has 1 saturated heterocycles. The highest BCUT2D eigenvalue weighted by Crippen LogP contribution is 2.30. The standard InChI is InChI=1S/C23H18ClN3O5/c24-15-3-2-13-8-20(29)27(23(32)17(13)9-15)10-12-1-4-16-14(7-12)11-26(22(16)31)18-5-6-19(28)25-21(18)30/h1-4,7-9,18,32H,5-6,10-11H2,(H,25,28,30). The first kappa shape index (κ1) is 20.3. The van der Waals surface area contributed by atoms with Gasteiger partial charge in [-0.1, -0.05) is 29.8 Å². The molecule has 1 atom stereocenters. The van der Waals surface area contributed by atoms with Gasteiger partial charge in [0.15, 0.2) is 0 Å². The van der Waals surface area contributed by atoms with Crippen LogP contribution in [0.1, 0.15) is 34.3 Å². The largest absolute Gasteiger partial charge is 0.494 e. The number of pyridine rings is 1. The Hall–Kier alpha value is -3.65. The predicted molar refractivity (Wildman–Crippen MR) is 116 cm³/mol. The third kappa shape index (κ3) is 3.33. The van der Waals surface area contributed by atoms with Crippen molar-refractivity contribution in [2.24, 2.45) is 0 Å². The van der Waals surface area contributed by atoms with Crippen molar-refractivity contribution in [1.82, 2.24) is 14.8 Å². The maximum absolute atomic E-state index is 12.8. The monoisotopic (exact) mass is 451 g/mol. The number of hydrogen-bond acceptors (Lipinski definition) is 5. The van der Waals surface area contributed by atoms with E-state index in [2.05, 4.69) is 5.32 Å². The number of nitrogens with zero attached hydrogens (tertiary/aromatic N) is 2. The van der Waals surface area contributed by atoms with Crippen molar-refractivity contribution in [3.8, 4) is 5.88 Å². The second-order valence-corrected chi connectivity index (χ2v) is 8.45. The molecule has 1 unspecified atom stereocenters. The Bertz CT molecular complexity index is 1380. The Morgan fingerprint density at radius 3 is 2.66 bits per heavy atom. The quantitative estimate of drug-likeness (QED) is 0.593. The van der Waals surface area contributed by atoms with E-state index in [0.29, 0.717) is 27.8 Å². The van der Waals surface area contributed by atoms with E-state index >= 15 is 0 Å². The van der Waals surface area contributed by atoms with Crippen LogP contribution in [0.25, 0.3) is 10.8 Å². The summed E-state index contributed by atoms with van der Waals surface area (Å²) in [6.07, 6.45) is 0.482. The number of hydrogen-bond donors (Lipinski definition) is 2. The van der Waals surface area contributed by atoms with Gasteiger partial charge in [-0.25, -0.2) is 0 Å². The van der Waals surface area contributed by atoms with Crippen molar-refractivity contribution in [2.75, 3.05) is 0 Å². The number of carbonyl (C=O) groups is 3. The highest BCUT2D eigenvalue weighted by molar-refractivity contribution is 6.31. The number of aromatic nitrogens is 1. The SMILES string of the molecule is O=C1CCC(N2Cc3cc(Cn4c(O)c5cc(Cl)ccc5cc4=O)ccc3C2=O)C(=O)N1. The highest BCUT2D eigenvalue weighted by atomic mass is 35.5. The number of amides is 3. The first-order chi connectivity index (χ1) is 15.3. The van der Waals surface area contributed by atoms with E-state index in [4.69, 9.17) is 11.6 Å². The number of benzene rings is 2. The minimum Gasteiger partial charge on any atom is -0.494 e. The van der Waals surface area contributed by atoms with Gasteiger partial charge in [0.25, 0.3) is 11.5 Å². The van der Waals surface area contributed by atoms with Gasteiger partial charge in [0.1, 0.15) is 6.04 Å². The lowest BCUT2D eigenvalue weighted by Crippen LogP contribution is -2.52. The normalized spacial score (nSPS) is 18.2. The number of aromatic hydroxyl groups is 1. The average Bonchev–Trinajstić information content (AvgIpc) is 3.07. The van der Waals surface area contributed by atoms with E-state index in [9.17, 15) is 24.3 Å². The van der Waals surface area contributed by atoms with Gasteiger partial charge in [0.05, 0.1) is 6.54 Å². The van der Waals surface area contributed by atoms with Crippen molar-refractivity contribution in [2.45, 2.75) is 32.0 Å². The molecule has 2 N–H and O–H groups in total. The highest BCUT2D eigenvalue weighted by Gasteiger charge is 2.39. The number of fused-ring (bicyclic) bond motifs is 2.